The third-order valence-corrected chi connectivity index (χ3v) is 5.05. The molecule has 3 fully saturated rings. The summed E-state index contributed by atoms with van der Waals surface area (Å²) in [5, 5.41) is 12.4. The molecule has 1 aliphatic heterocycles. The van der Waals surface area contributed by atoms with E-state index in [1.165, 1.54) is 12.8 Å². The number of nitrogens with one attached hydrogen (secondary N) is 1. The first-order valence-corrected chi connectivity index (χ1v) is 7.92. The lowest BCUT2D eigenvalue weighted by Crippen LogP contribution is -2.45. The molecule has 2 N–H and O–H groups in total. The number of carbonyl (C=O) groups excluding carboxylic acids is 1. The Morgan fingerprint density at radius 3 is 2.35 bits per heavy atom. The predicted octanol–water partition coefficient (Wildman–Crippen LogP) is 1.23. The lowest BCUT2D eigenvalue weighted by atomic mass is 9.78. The molecule has 3 aliphatic rings. The highest BCUT2D eigenvalue weighted by molar-refractivity contribution is 5.85. The van der Waals surface area contributed by atoms with Crippen molar-refractivity contribution in [1.82, 2.24) is 10.2 Å². The van der Waals surface area contributed by atoms with Crippen LogP contribution in [0.2, 0.25) is 0 Å². The molecule has 0 radical (unpaired) electrons. The van der Waals surface area contributed by atoms with E-state index in [9.17, 15) is 14.7 Å². The minimum atomic E-state index is -0.809. The summed E-state index contributed by atoms with van der Waals surface area (Å²) in [7, 11) is 0. The molecule has 20 heavy (non-hydrogen) atoms. The highest BCUT2D eigenvalue weighted by atomic mass is 16.4. The maximum Gasteiger partial charge on any atom is 0.307 e. The molecule has 1 heterocycles. The number of hydrogen-bond acceptors (Lipinski definition) is 3. The van der Waals surface area contributed by atoms with Gasteiger partial charge in [-0.25, -0.2) is 0 Å². The first kappa shape index (κ1) is 13.9. The third kappa shape index (κ3) is 2.97. The summed E-state index contributed by atoms with van der Waals surface area (Å²) in [4.78, 5) is 26.1. The lowest BCUT2D eigenvalue weighted by Gasteiger charge is -2.28. The van der Waals surface area contributed by atoms with E-state index in [2.05, 4.69) is 10.2 Å². The zero-order valence-electron chi connectivity index (χ0n) is 11.9. The first-order chi connectivity index (χ1) is 9.65. The van der Waals surface area contributed by atoms with Crippen LogP contribution in [0.1, 0.15) is 44.9 Å². The Morgan fingerprint density at radius 2 is 1.70 bits per heavy atom. The maximum atomic E-state index is 12.4. The second kappa shape index (κ2) is 5.72. The van der Waals surface area contributed by atoms with Crippen LogP contribution in [0, 0.1) is 11.8 Å². The van der Waals surface area contributed by atoms with Crippen LogP contribution in [0.3, 0.4) is 0 Å². The Morgan fingerprint density at radius 1 is 1.00 bits per heavy atom. The molecule has 1 saturated heterocycles. The second-order valence-corrected chi connectivity index (χ2v) is 6.56. The number of amides is 1. The first-order valence-electron chi connectivity index (χ1n) is 7.92. The van der Waals surface area contributed by atoms with Gasteiger partial charge in [-0.1, -0.05) is 12.8 Å². The molecular formula is C15H24N2O3. The Balaban J connectivity index is 1.53. The van der Waals surface area contributed by atoms with Crippen molar-refractivity contribution in [1.29, 1.82) is 0 Å². The van der Waals surface area contributed by atoms with Crippen LogP contribution < -0.4 is 5.32 Å². The molecule has 0 spiro atoms. The van der Waals surface area contributed by atoms with Crippen molar-refractivity contribution >= 4 is 11.9 Å². The van der Waals surface area contributed by atoms with Crippen molar-refractivity contribution in [3.63, 3.8) is 0 Å². The Labute approximate surface area is 119 Å². The molecule has 3 atom stereocenters. The highest BCUT2D eigenvalue weighted by Crippen LogP contribution is 2.32. The number of carbonyl (C=O) groups is 2. The Kier molecular flexibility index (Phi) is 3.96. The van der Waals surface area contributed by atoms with Crippen LogP contribution >= 0.6 is 0 Å². The monoisotopic (exact) mass is 280 g/mol. The van der Waals surface area contributed by atoms with Crippen molar-refractivity contribution in [2.75, 3.05) is 13.1 Å². The topological polar surface area (TPSA) is 69.6 Å². The Hall–Kier alpha value is -1.10. The molecule has 0 bridgehead atoms. The van der Waals surface area contributed by atoms with Gasteiger partial charge in [-0.3, -0.25) is 14.5 Å². The van der Waals surface area contributed by atoms with Gasteiger partial charge in [0.05, 0.1) is 11.8 Å². The summed E-state index contributed by atoms with van der Waals surface area (Å²) in [5.41, 5.74) is 0. The van der Waals surface area contributed by atoms with E-state index in [0.29, 0.717) is 6.42 Å². The fraction of sp³-hybridized carbons (Fsp3) is 0.867. The molecule has 0 aromatic heterocycles. The molecule has 1 amide bonds. The van der Waals surface area contributed by atoms with E-state index < -0.39 is 11.9 Å². The molecule has 2 aliphatic carbocycles. The van der Waals surface area contributed by atoms with Gasteiger partial charge in [-0.15, -0.1) is 0 Å². The normalized spacial score (nSPS) is 34.9. The van der Waals surface area contributed by atoms with Gasteiger partial charge in [-0.05, 0) is 32.1 Å². The summed E-state index contributed by atoms with van der Waals surface area (Å²) in [6.45, 7) is 2.02. The van der Waals surface area contributed by atoms with Gasteiger partial charge in [0, 0.05) is 25.2 Å². The molecule has 3 rings (SSSR count). The number of rotatable bonds is 4. The third-order valence-electron chi connectivity index (χ3n) is 5.05. The van der Waals surface area contributed by atoms with Crippen LogP contribution in [0.5, 0.6) is 0 Å². The fourth-order valence-electron chi connectivity index (χ4n) is 3.72. The van der Waals surface area contributed by atoms with Crippen LogP contribution in [-0.4, -0.2) is 47.1 Å². The smallest absolute Gasteiger partial charge is 0.307 e. The van der Waals surface area contributed by atoms with Gasteiger partial charge in [0.1, 0.15) is 0 Å². The van der Waals surface area contributed by atoms with Crippen LogP contribution in [0.25, 0.3) is 0 Å². The number of likely N-dealkylation sites (tertiary alicyclic amines) is 1. The fourth-order valence-corrected chi connectivity index (χ4v) is 3.72. The van der Waals surface area contributed by atoms with E-state index in [1.54, 1.807) is 0 Å². The summed E-state index contributed by atoms with van der Waals surface area (Å²) in [6, 6.07) is 0.970. The average molecular weight is 280 g/mol. The predicted molar refractivity (Wildman–Crippen MR) is 74.2 cm³/mol. The molecule has 5 nitrogen and oxygen atoms in total. The zero-order valence-corrected chi connectivity index (χ0v) is 11.9. The molecule has 0 aromatic carbocycles. The lowest BCUT2D eigenvalue weighted by molar-refractivity contribution is -0.149. The van der Waals surface area contributed by atoms with Crippen molar-refractivity contribution in [3.05, 3.63) is 0 Å². The quantitative estimate of drug-likeness (QED) is 0.812. The zero-order chi connectivity index (χ0) is 14.1. The van der Waals surface area contributed by atoms with E-state index >= 15 is 0 Å². The molecule has 0 aromatic rings. The van der Waals surface area contributed by atoms with Gasteiger partial charge in [0.15, 0.2) is 0 Å². The largest absolute Gasteiger partial charge is 0.481 e. The van der Waals surface area contributed by atoms with E-state index in [-0.39, 0.29) is 17.9 Å². The molecule has 1 unspecified atom stereocenters. The Bertz CT molecular complexity index is 395. The van der Waals surface area contributed by atoms with Gasteiger partial charge in [0.2, 0.25) is 5.91 Å². The average Bonchev–Trinajstić information content (AvgIpc) is 3.19. The molecular weight excluding hydrogens is 256 g/mol. The number of carboxylic acid groups (broad SMARTS) is 1. The van der Waals surface area contributed by atoms with Gasteiger partial charge < -0.3 is 10.4 Å². The van der Waals surface area contributed by atoms with Gasteiger partial charge >= 0.3 is 5.97 Å². The number of aliphatic carboxylic acids is 1. The summed E-state index contributed by atoms with van der Waals surface area (Å²) >= 11 is 0. The number of carboxylic acids is 1. The molecule has 5 heteroatoms. The number of hydrogen-bond donors (Lipinski definition) is 2. The summed E-state index contributed by atoms with van der Waals surface area (Å²) in [5.74, 6) is -1.64. The summed E-state index contributed by atoms with van der Waals surface area (Å²) in [6.07, 6.45) is 6.87. The van der Waals surface area contributed by atoms with Crippen LogP contribution in [0.4, 0.5) is 0 Å². The van der Waals surface area contributed by atoms with Crippen LogP contribution in [0.15, 0.2) is 0 Å². The SMILES string of the molecule is O=C(O)[C@H]1CCCC[C@H]1C(=O)NC1CCN(C2CC2)C1. The summed E-state index contributed by atoms with van der Waals surface area (Å²) < 4.78 is 0. The minimum Gasteiger partial charge on any atom is -0.481 e. The highest BCUT2D eigenvalue weighted by Gasteiger charge is 2.38. The van der Waals surface area contributed by atoms with Crippen molar-refractivity contribution in [3.8, 4) is 0 Å². The van der Waals surface area contributed by atoms with Crippen LogP contribution in [-0.2, 0) is 9.59 Å². The maximum absolute atomic E-state index is 12.4. The van der Waals surface area contributed by atoms with E-state index in [4.69, 9.17) is 0 Å². The van der Waals surface area contributed by atoms with Crippen molar-refractivity contribution in [2.45, 2.75) is 57.0 Å². The standard InChI is InChI=1S/C15H24N2O3/c18-14(12-3-1-2-4-13(12)15(19)20)16-10-7-8-17(9-10)11-5-6-11/h10-13H,1-9H2,(H,16,18)(H,19,20)/t10?,12-,13+/m1/s1. The van der Waals surface area contributed by atoms with E-state index in [1.807, 2.05) is 0 Å². The minimum absolute atomic E-state index is 0.0280. The molecule has 112 valence electrons. The van der Waals surface area contributed by atoms with Crippen molar-refractivity contribution < 1.29 is 14.7 Å². The second-order valence-electron chi connectivity index (χ2n) is 6.56. The van der Waals surface area contributed by atoms with Gasteiger partial charge in [-0.2, -0.15) is 0 Å². The van der Waals surface area contributed by atoms with Crippen molar-refractivity contribution in [2.24, 2.45) is 11.8 Å². The molecule has 2 saturated carbocycles. The van der Waals surface area contributed by atoms with Gasteiger partial charge in [0.25, 0.3) is 0 Å². The van der Waals surface area contributed by atoms with E-state index in [0.717, 1.165) is 44.8 Å². The number of nitrogens with zero attached hydrogens (tertiary/aromatic N) is 1.